The topological polar surface area (TPSA) is 95.7 Å². The van der Waals surface area contributed by atoms with Gasteiger partial charge in [0, 0.05) is 37.9 Å². The van der Waals surface area contributed by atoms with Crippen molar-refractivity contribution in [3.05, 3.63) is 11.8 Å². The van der Waals surface area contributed by atoms with Crippen molar-refractivity contribution in [2.45, 2.75) is 65.3 Å². The van der Waals surface area contributed by atoms with Crippen LogP contribution >= 0.6 is 0 Å². The normalized spacial score (nSPS) is 19.1. The van der Waals surface area contributed by atoms with E-state index in [9.17, 15) is 9.59 Å². The molecule has 0 atom stereocenters. The Balaban J connectivity index is 1.79. The van der Waals surface area contributed by atoms with Gasteiger partial charge < -0.3 is 15.5 Å². The van der Waals surface area contributed by atoms with Crippen LogP contribution in [-0.4, -0.2) is 63.4 Å². The Bertz CT molecular complexity index is 758. The van der Waals surface area contributed by atoms with Gasteiger partial charge in [0.25, 0.3) is 5.91 Å². The van der Waals surface area contributed by atoms with Crippen molar-refractivity contribution in [3.8, 4) is 0 Å². The number of rotatable bonds is 7. The number of urea groups is 1. The van der Waals surface area contributed by atoms with Crippen molar-refractivity contribution >= 4 is 23.7 Å². The third kappa shape index (κ3) is 4.02. The number of piperidine rings is 1. The molecule has 2 fully saturated rings. The molecule has 2 aliphatic rings. The van der Waals surface area contributed by atoms with E-state index < -0.39 is 5.54 Å². The quantitative estimate of drug-likeness (QED) is 0.556. The first-order valence-corrected chi connectivity index (χ1v) is 10.8. The highest BCUT2D eigenvalue weighted by molar-refractivity contribution is 6.07. The van der Waals surface area contributed by atoms with Gasteiger partial charge in [-0.3, -0.25) is 9.69 Å². The molecule has 1 aromatic rings. The zero-order chi connectivity index (χ0) is 21.2. The SMILES string of the molecule is CCCCCN1C(=O)N(CC(C)C)C2(CCN(c3ncc(C)c(N)n3)CC2)C1=O. The van der Waals surface area contributed by atoms with Crippen LogP contribution in [-0.2, 0) is 4.79 Å². The van der Waals surface area contributed by atoms with E-state index in [1.807, 2.05) is 11.8 Å². The fraction of sp³-hybridized carbons (Fsp3) is 0.714. The van der Waals surface area contributed by atoms with Crippen molar-refractivity contribution in [1.29, 1.82) is 0 Å². The van der Waals surface area contributed by atoms with Gasteiger partial charge in [-0.1, -0.05) is 33.6 Å². The lowest BCUT2D eigenvalue weighted by Crippen LogP contribution is -2.57. The summed E-state index contributed by atoms with van der Waals surface area (Å²) in [6.45, 7) is 10.5. The summed E-state index contributed by atoms with van der Waals surface area (Å²) < 4.78 is 0. The molecule has 8 nitrogen and oxygen atoms in total. The number of anilines is 2. The second kappa shape index (κ2) is 8.55. The van der Waals surface area contributed by atoms with Crippen LogP contribution in [0.3, 0.4) is 0 Å². The molecule has 0 saturated carbocycles. The summed E-state index contributed by atoms with van der Waals surface area (Å²) >= 11 is 0. The summed E-state index contributed by atoms with van der Waals surface area (Å²) in [7, 11) is 0. The molecule has 2 N–H and O–H groups in total. The van der Waals surface area contributed by atoms with Gasteiger partial charge in [0.2, 0.25) is 5.95 Å². The molecule has 0 radical (unpaired) electrons. The third-order valence-corrected chi connectivity index (χ3v) is 6.03. The maximum Gasteiger partial charge on any atom is 0.327 e. The van der Waals surface area contributed by atoms with Crippen LogP contribution in [0.15, 0.2) is 6.20 Å². The van der Waals surface area contributed by atoms with Crippen LogP contribution < -0.4 is 10.6 Å². The predicted octanol–water partition coefficient (Wildman–Crippen LogP) is 2.82. The summed E-state index contributed by atoms with van der Waals surface area (Å²) in [5.74, 6) is 1.35. The summed E-state index contributed by atoms with van der Waals surface area (Å²) in [4.78, 5) is 40.7. The molecule has 2 saturated heterocycles. The van der Waals surface area contributed by atoms with E-state index >= 15 is 0 Å². The Hall–Kier alpha value is -2.38. The number of hydrogen-bond acceptors (Lipinski definition) is 6. The van der Waals surface area contributed by atoms with Gasteiger partial charge in [0.1, 0.15) is 11.4 Å². The molecular formula is C21H34N6O2. The fourth-order valence-electron chi connectivity index (χ4n) is 4.28. The zero-order valence-corrected chi connectivity index (χ0v) is 18.1. The number of unbranched alkanes of at least 4 members (excludes halogenated alkanes) is 2. The Morgan fingerprint density at radius 1 is 1.21 bits per heavy atom. The minimum atomic E-state index is -0.736. The van der Waals surface area contributed by atoms with E-state index in [2.05, 4.69) is 35.6 Å². The van der Waals surface area contributed by atoms with Crippen LogP contribution in [0.4, 0.5) is 16.6 Å². The number of imide groups is 1. The van der Waals surface area contributed by atoms with E-state index in [-0.39, 0.29) is 11.9 Å². The number of aromatic nitrogens is 2. The zero-order valence-electron chi connectivity index (χ0n) is 18.1. The van der Waals surface area contributed by atoms with E-state index in [4.69, 9.17) is 5.73 Å². The van der Waals surface area contributed by atoms with Crippen molar-refractivity contribution in [2.75, 3.05) is 36.8 Å². The number of nitrogens with zero attached hydrogens (tertiary/aromatic N) is 5. The van der Waals surface area contributed by atoms with Gasteiger partial charge in [0.05, 0.1) is 0 Å². The Kier molecular flexibility index (Phi) is 6.29. The molecule has 3 heterocycles. The average molecular weight is 403 g/mol. The maximum absolute atomic E-state index is 13.4. The smallest absolute Gasteiger partial charge is 0.327 e. The molecule has 8 heteroatoms. The van der Waals surface area contributed by atoms with Crippen LogP contribution in [0.5, 0.6) is 0 Å². The van der Waals surface area contributed by atoms with Gasteiger partial charge in [-0.2, -0.15) is 4.98 Å². The number of carbonyl (C=O) groups is 2. The van der Waals surface area contributed by atoms with Gasteiger partial charge in [-0.05, 0) is 32.1 Å². The van der Waals surface area contributed by atoms with Crippen LogP contribution in [0.25, 0.3) is 0 Å². The lowest BCUT2D eigenvalue weighted by molar-refractivity contribution is -0.134. The molecule has 0 unspecified atom stereocenters. The first-order chi connectivity index (χ1) is 13.8. The Labute approximate surface area is 173 Å². The second-order valence-electron chi connectivity index (χ2n) is 8.71. The molecule has 1 aromatic heterocycles. The summed E-state index contributed by atoms with van der Waals surface area (Å²) in [5.41, 5.74) is 6.06. The summed E-state index contributed by atoms with van der Waals surface area (Å²) in [6, 6.07) is -0.121. The predicted molar refractivity (Wildman–Crippen MR) is 114 cm³/mol. The first-order valence-electron chi connectivity index (χ1n) is 10.8. The van der Waals surface area contributed by atoms with Crippen molar-refractivity contribution in [1.82, 2.24) is 19.8 Å². The lowest BCUT2D eigenvalue weighted by Gasteiger charge is -2.42. The largest absolute Gasteiger partial charge is 0.383 e. The molecular weight excluding hydrogens is 368 g/mol. The highest BCUT2D eigenvalue weighted by Gasteiger charge is 2.57. The highest BCUT2D eigenvalue weighted by Crippen LogP contribution is 2.38. The summed E-state index contributed by atoms with van der Waals surface area (Å²) in [5, 5.41) is 0. The van der Waals surface area contributed by atoms with E-state index in [0.29, 0.717) is 56.7 Å². The molecule has 0 aliphatic carbocycles. The van der Waals surface area contributed by atoms with Gasteiger partial charge in [-0.15, -0.1) is 0 Å². The molecule has 160 valence electrons. The molecule has 3 amide bonds. The van der Waals surface area contributed by atoms with Crippen LogP contribution in [0.1, 0.15) is 58.4 Å². The molecule has 2 aliphatic heterocycles. The van der Waals surface area contributed by atoms with E-state index in [1.54, 1.807) is 6.20 Å². The monoisotopic (exact) mass is 402 g/mol. The van der Waals surface area contributed by atoms with Gasteiger partial charge >= 0.3 is 6.03 Å². The number of nitrogens with two attached hydrogens (primary N) is 1. The minimum Gasteiger partial charge on any atom is -0.383 e. The number of carbonyl (C=O) groups excluding carboxylic acids is 2. The molecule has 0 aromatic carbocycles. The van der Waals surface area contributed by atoms with E-state index in [0.717, 1.165) is 24.8 Å². The Morgan fingerprint density at radius 3 is 2.48 bits per heavy atom. The summed E-state index contributed by atoms with van der Waals surface area (Å²) in [6.07, 6.45) is 5.85. The van der Waals surface area contributed by atoms with E-state index in [1.165, 1.54) is 4.90 Å². The van der Waals surface area contributed by atoms with Crippen LogP contribution in [0, 0.1) is 12.8 Å². The molecule has 3 rings (SSSR count). The van der Waals surface area contributed by atoms with Gasteiger partial charge in [0.15, 0.2) is 0 Å². The van der Waals surface area contributed by atoms with Crippen molar-refractivity contribution in [2.24, 2.45) is 5.92 Å². The minimum absolute atomic E-state index is 0.0248. The highest BCUT2D eigenvalue weighted by atomic mass is 16.2. The lowest BCUT2D eigenvalue weighted by atomic mass is 9.85. The van der Waals surface area contributed by atoms with Crippen molar-refractivity contribution in [3.63, 3.8) is 0 Å². The third-order valence-electron chi connectivity index (χ3n) is 6.03. The number of aryl methyl sites for hydroxylation is 1. The maximum atomic E-state index is 13.4. The average Bonchev–Trinajstić information content (AvgIpc) is 2.87. The van der Waals surface area contributed by atoms with Crippen molar-refractivity contribution < 1.29 is 9.59 Å². The molecule has 29 heavy (non-hydrogen) atoms. The molecule has 1 spiro atoms. The number of nitrogen functional groups attached to an aromatic ring is 1. The molecule has 0 bridgehead atoms. The van der Waals surface area contributed by atoms with Crippen LogP contribution in [0.2, 0.25) is 0 Å². The van der Waals surface area contributed by atoms with Gasteiger partial charge in [-0.25, -0.2) is 9.78 Å². The number of hydrogen-bond donors (Lipinski definition) is 1. The fourth-order valence-corrected chi connectivity index (χ4v) is 4.28. The second-order valence-corrected chi connectivity index (χ2v) is 8.71. The standard InChI is InChI=1S/C21H34N6O2/c1-5-6-7-10-26-18(28)21(27(20(26)29)14-15(2)3)8-11-25(12-9-21)19-23-13-16(4)17(22)24-19/h13,15H,5-12,14H2,1-4H3,(H2,22,23,24). The number of amides is 3. The first kappa shape index (κ1) is 21.3. The Morgan fingerprint density at radius 2 is 1.90 bits per heavy atom.